The van der Waals surface area contributed by atoms with Gasteiger partial charge in [-0.25, -0.2) is 9.97 Å². The summed E-state index contributed by atoms with van der Waals surface area (Å²) in [6, 6.07) is 12.0. The van der Waals surface area contributed by atoms with Gasteiger partial charge in [-0.05, 0) is 70.3 Å². The van der Waals surface area contributed by atoms with Crippen molar-refractivity contribution >= 4 is 34.0 Å². The zero-order chi connectivity index (χ0) is 25.9. The van der Waals surface area contributed by atoms with Crippen LogP contribution in [0.4, 0.5) is 11.5 Å². The summed E-state index contributed by atoms with van der Waals surface area (Å²) in [5.74, 6) is 1.86. The molecule has 3 N–H and O–H groups in total. The van der Waals surface area contributed by atoms with Gasteiger partial charge in [0.25, 0.3) is 5.56 Å². The SMILES string of the molecule is Cc1cc(C)cc(-c2c(OCC[C@H]3CCCCN3)c3cc(Nc4ccnc(C)n4)c(Cl)cc3[nH]c2=O)c1. The van der Waals surface area contributed by atoms with E-state index in [9.17, 15) is 4.79 Å². The molecule has 7 nitrogen and oxygen atoms in total. The first-order chi connectivity index (χ1) is 17.9. The number of hydrogen-bond donors (Lipinski definition) is 3. The topological polar surface area (TPSA) is 91.9 Å². The van der Waals surface area contributed by atoms with Gasteiger partial charge >= 0.3 is 0 Å². The van der Waals surface area contributed by atoms with E-state index in [1.54, 1.807) is 18.3 Å². The second kappa shape index (κ2) is 10.9. The van der Waals surface area contributed by atoms with Gasteiger partial charge in [-0.15, -0.1) is 0 Å². The van der Waals surface area contributed by atoms with Crippen LogP contribution in [-0.2, 0) is 0 Å². The molecule has 0 aliphatic carbocycles. The number of rotatable bonds is 7. The predicted molar refractivity (Wildman–Crippen MR) is 150 cm³/mol. The van der Waals surface area contributed by atoms with Gasteiger partial charge in [0.15, 0.2) is 0 Å². The highest BCUT2D eigenvalue weighted by molar-refractivity contribution is 6.34. The highest BCUT2D eigenvalue weighted by Crippen LogP contribution is 2.38. The van der Waals surface area contributed by atoms with Gasteiger partial charge < -0.3 is 20.4 Å². The number of H-pyrrole nitrogens is 1. The number of fused-ring (bicyclic) bond motifs is 1. The number of nitrogens with zero attached hydrogens (tertiary/aromatic N) is 2. The van der Waals surface area contributed by atoms with Crippen molar-refractivity contribution in [1.82, 2.24) is 20.3 Å². The maximum absolute atomic E-state index is 13.4. The second-order valence-electron chi connectivity index (χ2n) is 9.81. The number of aryl methyl sites for hydroxylation is 3. The predicted octanol–water partition coefficient (Wildman–Crippen LogP) is 6.22. The van der Waals surface area contributed by atoms with E-state index in [0.717, 1.165) is 41.5 Å². The number of nitrogens with one attached hydrogen (secondary N) is 3. The number of ether oxygens (including phenoxy) is 1. The monoisotopic (exact) mass is 517 g/mol. The van der Waals surface area contributed by atoms with Crippen molar-refractivity contribution in [2.24, 2.45) is 0 Å². The van der Waals surface area contributed by atoms with E-state index in [0.29, 0.717) is 51.8 Å². The maximum Gasteiger partial charge on any atom is 0.260 e. The standard InChI is InChI=1S/C29H32ClN5O2/c1-17-12-18(2)14-20(13-17)27-28(37-11-8-21-6-4-5-9-32-21)22-15-25(23(30)16-24(22)35-29(27)36)34-26-7-10-31-19(3)33-26/h7,10,12-16,21,32H,4-6,8-9,11H2,1-3H3,(H,35,36)(H,31,33,34)/t21-/m1/s1. The van der Waals surface area contributed by atoms with E-state index >= 15 is 0 Å². The van der Waals surface area contributed by atoms with E-state index in [1.165, 1.54) is 12.8 Å². The van der Waals surface area contributed by atoms with Crippen molar-refractivity contribution in [1.29, 1.82) is 0 Å². The molecule has 5 rings (SSSR count). The summed E-state index contributed by atoms with van der Waals surface area (Å²) in [5, 5.41) is 8.12. The number of benzene rings is 2. The Bertz CT molecular complexity index is 1470. The fourth-order valence-electron chi connectivity index (χ4n) is 5.05. The van der Waals surface area contributed by atoms with Crippen molar-refractivity contribution in [3.63, 3.8) is 0 Å². The minimum absolute atomic E-state index is 0.202. The quantitative estimate of drug-likeness (QED) is 0.269. The van der Waals surface area contributed by atoms with Gasteiger partial charge in [-0.3, -0.25) is 4.79 Å². The van der Waals surface area contributed by atoms with E-state index in [4.69, 9.17) is 16.3 Å². The van der Waals surface area contributed by atoms with Crippen molar-refractivity contribution in [3.8, 4) is 16.9 Å². The van der Waals surface area contributed by atoms with Crippen molar-refractivity contribution < 1.29 is 4.74 Å². The first kappa shape index (κ1) is 25.2. The molecular formula is C29H32ClN5O2. The molecule has 1 fully saturated rings. The average Bonchev–Trinajstić information content (AvgIpc) is 2.85. The van der Waals surface area contributed by atoms with Crippen LogP contribution in [0.5, 0.6) is 5.75 Å². The Morgan fingerprint density at radius 2 is 1.92 bits per heavy atom. The van der Waals surface area contributed by atoms with E-state index < -0.39 is 0 Å². The van der Waals surface area contributed by atoms with E-state index in [1.807, 2.05) is 39.0 Å². The van der Waals surface area contributed by atoms with Crippen LogP contribution in [0.25, 0.3) is 22.0 Å². The third-order valence-electron chi connectivity index (χ3n) is 6.73. The summed E-state index contributed by atoms with van der Waals surface area (Å²) in [6.45, 7) is 7.45. The van der Waals surface area contributed by atoms with Gasteiger partial charge in [-0.2, -0.15) is 0 Å². The van der Waals surface area contributed by atoms with Crippen molar-refractivity contribution in [2.45, 2.75) is 52.5 Å². The number of anilines is 2. The zero-order valence-electron chi connectivity index (χ0n) is 21.5. The lowest BCUT2D eigenvalue weighted by Gasteiger charge is -2.24. The Morgan fingerprint density at radius 1 is 1.11 bits per heavy atom. The van der Waals surface area contributed by atoms with E-state index in [-0.39, 0.29) is 5.56 Å². The van der Waals surface area contributed by atoms with Crippen LogP contribution in [-0.4, -0.2) is 34.1 Å². The third-order valence-corrected chi connectivity index (χ3v) is 7.04. The largest absolute Gasteiger partial charge is 0.492 e. The first-order valence-corrected chi connectivity index (χ1v) is 13.2. The highest BCUT2D eigenvalue weighted by atomic mass is 35.5. The van der Waals surface area contributed by atoms with Crippen LogP contribution in [0, 0.1) is 20.8 Å². The molecule has 4 aromatic rings. The van der Waals surface area contributed by atoms with Gasteiger partial charge in [0.05, 0.1) is 28.4 Å². The fourth-order valence-corrected chi connectivity index (χ4v) is 5.26. The molecule has 1 saturated heterocycles. The minimum Gasteiger partial charge on any atom is -0.492 e. The number of halogens is 1. The summed E-state index contributed by atoms with van der Waals surface area (Å²) >= 11 is 6.62. The minimum atomic E-state index is -0.202. The summed E-state index contributed by atoms with van der Waals surface area (Å²) in [6.07, 6.45) is 6.17. The number of hydrogen-bond acceptors (Lipinski definition) is 6. The Morgan fingerprint density at radius 3 is 2.65 bits per heavy atom. The Hall–Kier alpha value is -3.42. The number of pyridine rings is 1. The summed E-state index contributed by atoms with van der Waals surface area (Å²) in [5.41, 5.74) is 4.63. The number of piperidine rings is 1. The summed E-state index contributed by atoms with van der Waals surface area (Å²) < 4.78 is 6.48. The molecule has 2 aromatic carbocycles. The maximum atomic E-state index is 13.4. The zero-order valence-corrected chi connectivity index (χ0v) is 22.2. The molecule has 0 unspecified atom stereocenters. The summed E-state index contributed by atoms with van der Waals surface area (Å²) in [4.78, 5) is 25.1. The molecule has 0 saturated carbocycles. The molecule has 8 heteroatoms. The Balaban J connectivity index is 1.61. The van der Waals surface area contributed by atoms with Crippen LogP contribution in [0.2, 0.25) is 5.02 Å². The normalized spacial score (nSPS) is 15.6. The van der Waals surface area contributed by atoms with Gasteiger partial charge in [0.2, 0.25) is 0 Å². The number of aromatic amines is 1. The van der Waals surface area contributed by atoms with Gasteiger partial charge in [-0.1, -0.05) is 47.3 Å². The molecule has 0 spiro atoms. The third kappa shape index (κ3) is 5.78. The van der Waals surface area contributed by atoms with Crippen LogP contribution < -0.4 is 20.9 Å². The number of aromatic nitrogens is 3. The van der Waals surface area contributed by atoms with Gasteiger partial charge in [0, 0.05) is 17.6 Å². The Kier molecular flexibility index (Phi) is 7.44. The molecule has 1 atom stereocenters. The smallest absolute Gasteiger partial charge is 0.260 e. The average molecular weight is 518 g/mol. The molecule has 2 aromatic heterocycles. The van der Waals surface area contributed by atoms with Crippen LogP contribution >= 0.6 is 11.6 Å². The van der Waals surface area contributed by atoms with Gasteiger partial charge in [0.1, 0.15) is 17.4 Å². The molecule has 0 bridgehead atoms. The molecule has 0 amide bonds. The molecule has 37 heavy (non-hydrogen) atoms. The molecule has 0 radical (unpaired) electrons. The molecular weight excluding hydrogens is 486 g/mol. The lowest BCUT2D eigenvalue weighted by Crippen LogP contribution is -2.35. The van der Waals surface area contributed by atoms with E-state index in [2.05, 4.69) is 31.7 Å². The first-order valence-electron chi connectivity index (χ1n) is 12.8. The lowest BCUT2D eigenvalue weighted by molar-refractivity contribution is 0.271. The van der Waals surface area contributed by atoms with Crippen LogP contribution in [0.3, 0.4) is 0 Å². The highest BCUT2D eigenvalue weighted by Gasteiger charge is 2.20. The van der Waals surface area contributed by atoms with Crippen LogP contribution in [0.1, 0.15) is 42.6 Å². The second-order valence-corrected chi connectivity index (χ2v) is 10.2. The summed E-state index contributed by atoms with van der Waals surface area (Å²) in [7, 11) is 0. The van der Waals surface area contributed by atoms with Crippen LogP contribution in [0.15, 0.2) is 47.4 Å². The molecule has 1 aliphatic heterocycles. The van der Waals surface area contributed by atoms with Crippen molar-refractivity contribution in [2.75, 3.05) is 18.5 Å². The van der Waals surface area contributed by atoms with Crippen molar-refractivity contribution in [3.05, 3.63) is 74.9 Å². The molecule has 3 heterocycles. The molecule has 1 aliphatic rings. The Labute approximate surface area is 221 Å². The molecule has 192 valence electrons. The lowest BCUT2D eigenvalue weighted by atomic mass is 9.99. The fraction of sp³-hybridized carbons (Fsp3) is 0.345.